The van der Waals surface area contributed by atoms with E-state index in [1.807, 2.05) is 35.2 Å². The lowest BCUT2D eigenvalue weighted by atomic mass is 10.0. The maximum Gasteiger partial charge on any atom is 0.253 e. The minimum atomic E-state index is 0.0723. The predicted octanol–water partition coefficient (Wildman–Crippen LogP) is 3.88. The molecule has 26 heavy (non-hydrogen) atoms. The van der Waals surface area contributed by atoms with Gasteiger partial charge < -0.3 is 10.0 Å². The maximum absolute atomic E-state index is 12.7. The number of amides is 1. The molecule has 0 aromatic heterocycles. The fraction of sp³-hybridized carbons (Fsp3) is 0.381. The molecule has 4 rings (SSSR count). The minimum Gasteiger partial charge on any atom is -0.506 e. The molecule has 1 saturated carbocycles. The maximum atomic E-state index is 12.7. The molecular formula is C21H23ClN2O2. The van der Waals surface area contributed by atoms with Gasteiger partial charge in [-0.1, -0.05) is 29.8 Å². The van der Waals surface area contributed by atoms with Gasteiger partial charge in [0.1, 0.15) is 5.75 Å². The van der Waals surface area contributed by atoms with Crippen molar-refractivity contribution in [3.8, 4) is 16.9 Å². The molecule has 0 atom stereocenters. The van der Waals surface area contributed by atoms with Gasteiger partial charge in [0.2, 0.25) is 0 Å². The van der Waals surface area contributed by atoms with Gasteiger partial charge in [-0.3, -0.25) is 9.69 Å². The summed E-state index contributed by atoms with van der Waals surface area (Å²) in [7, 11) is 0. The van der Waals surface area contributed by atoms with Gasteiger partial charge in [-0.2, -0.15) is 0 Å². The van der Waals surface area contributed by atoms with Gasteiger partial charge in [-0.25, -0.2) is 0 Å². The van der Waals surface area contributed by atoms with Crippen molar-refractivity contribution in [3.63, 3.8) is 0 Å². The van der Waals surface area contributed by atoms with E-state index in [9.17, 15) is 9.90 Å². The van der Waals surface area contributed by atoms with Crippen LogP contribution >= 0.6 is 11.6 Å². The molecule has 1 saturated heterocycles. The number of piperazine rings is 1. The summed E-state index contributed by atoms with van der Waals surface area (Å²) in [5.41, 5.74) is 2.60. The number of benzene rings is 2. The fourth-order valence-corrected chi connectivity index (χ4v) is 3.65. The number of carbonyl (C=O) groups is 1. The molecular weight excluding hydrogens is 348 g/mol. The SMILES string of the molecule is O=C(c1ccc(-c2ccc(O)c(Cl)c2)cc1)N1CCN(CC2CC2)CC1. The number of halogens is 1. The van der Waals surface area contributed by atoms with Gasteiger partial charge in [0.25, 0.3) is 5.91 Å². The normalized spacial score (nSPS) is 18.1. The molecule has 136 valence electrons. The topological polar surface area (TPSA) is 43.8 Å². The van der Waals surface area contributed by atoms with Crippen molar-refractivity contribution in [2.75, 3.05) is 32.7 Å². The van der Waals surface area contributed by atoms with Crippen LogP contribution in [0.15, 0.2) is 42.5 Å². The average Bonchev–Trinajstić information content (AvgIpc) is 3.48. The third-order valence-corrected chi connectivity index (χ3v) is 5.59. The number of aromatic hydroxyl groups is 1. The lowest BCUT2D eigenvalue weighted by Gasteiger charge is -2.34. The van der Waals surface area contributed by atoms with Crippen LogP contribution in [0.3, 0.4) is 0 Å². The second-order valence-electron chi connectivity index (χ2n) is 7.28. The summed E-state index contributed by atoms with van der Waals surface area (Å²) < 4.78 is 0. The van der Waals surface area contributed by atoms with Gasteiger partial charge in [-0.15, -0.1) is 0 Å². The third-order valence-electron chi connectivity index (χ3n) is 5.29. The lowest BCUT2D eigenvalue weighted by molar-refractivity contribution is 0.0632. The zero-order valence-electron chi connectivity index (χ0n) is 14.7. The molecule has 1 aliphatic heterocycles. The number of hydrogen-bond donors (Lipinski definition) is 1. The second kappa shape index (κ2) is 7.29. The Hall–Kier alpha value is -2.04. The van der Waals surface area contributed by atoms with E-state index in [0.717, 1.165) is 43.2 Å². The summed E-state index contributed by atoms with van der Waals surface area (Å²) in [5.74, 6) is 1.08. The largest absolute Gasteiger partial charge is 0.506 e. The molecule has 0 radical (unpaired) electrons. The smallest absolute Gasteiger partial charge is 0.253 e. The summed E-state index contributed by atoms with van der Waals surface area (Å²) in [5, 5.41) is 9.86. The van der Waals surface area contributed by atoms with E-state index in [1.165, 1.54) is 19.4 Å². The van der Waals surface area contributed by atoms with Crippen molar-refractivity contribution in [1.82, 2.24) is 9.80 Å². The predicted molar refractivity (Wildman–Crippen MR) is 104 cm³/mol. The third kappa shape index (κ3) is 3.87. The Kier molecular flexibility index (Phi) is 4.88. The molecule has 2 aliphatic rings. The van der Waals surface area contributed by atoms with E-state index in [2.05, 4.69) is 4.90 Å². The number of hydrogen-bond acceptors (Lipinski definition) is 3. The Balaban J connectivity index is 1.40. The Morgan fingerprint density at radius 3 is 2.27 bits per heavy atom. The van der Waals surface area contributed by atoms with E-state index in [1.54, 1.807) is 12.1 Å². The molecule has 2 aromatic rings. The van der Waals surface area contributed by atoms with Crippen LogP contribution in [0.4, 0.5) is 0 Å². The number of phenolic OH excluding ortho intramolecular Hbond substituents is 1. The van der Waals surface area contributed by atoms with Crippen LogP contribution in [-0.4, -0.2) is 53.5 Å². The van der Waals surface area contributed by atoms with Crippen LogP contribution in [0.1, 0.15) is 23.2 Å². The number of rotatable bonds is 4. The van der Waals surface area contributed by atoms with Gasteiger partial charge >= 0.3 is 0 Å². The molecule has 1 heterocycles. The van der Waals surface area contributed by atoms with Crippen molar-refractivity contribution in [2.24, 2.45) is 5.92 Å². The van der Waals surface area contributed by atoms with Crippen LogP contribution in [-0.2, 0) is 0 Å². The number of phenols is 1. The highest BCUT2D eigenvalue weighted by molar-refractivity contribution is 6.32. The standard InChI is InChI=1S/C21H23ClN2O2/c22-19-13-18(7-8-20(19)25)16-3-5-17(6-4-16)21(26)24-11-9-23(10-12-24)14-15-1-2-15/h3-8,13,15,25H,1-2,9-12,14H2. The summed E-state index contributed by atoms with van der Waals surface area (Å²) >= 11 is 5.98. The van der Waals surface area contributed by atoms with E-state index >= 15 is 0 Å². The van der Waals surface area contributed by atoms with Crippen molar-refractivity contribution in [1.29, 1.82) is 0 Å². The Bertz CT molecular complexity index is 794. The summed E-state index contributed by atoms with van der Waals surface area (Å²) in [6.07, 6.45) is 2.75. The highest BCUT2D eigenvalue weighted by Gasteiger charge is 2.27. The van der Waals surface area contributed by atoms with Crippen molar-refractivity contribution in [3.05, 3.63) is 53.1 Å². The Morgan fingerprint density at radius 1 is 1.00 bits per heavy atom. The molecule has 2 fully saturated rings. The highest BCUT2D eigenvalue weighted by atomic mass is 35.5. The van der Waals surface area contributed by atoms with E-state index < -0.39 is 0 Å². The van der Waals surface area contributed by atoms with Crippen molar-refractivity contribution in [2.45, 2.75) is 12.8 Å². The first-order valence-electron chi connectivity index (χ1n) is 9.21. The first-order chi connectivity index (χ1) is 12.6. The Morgan fingerprint density at radius 2 is 1.65 bits per heavy atom. The minimum absolute atomic E-state index is 0.0723. The summed E-state index contributed by atoms with van der Waals surface area (Å²) in [6.45, 7) is 4.77. The molecule has 0 unspecified atom stereocenters. The molecule has 5 heteroatoms. The summed E-state index contributed by atoms with van der Waals surface area (Å²) in [4.78, 5) is 17.2. The molecule has 0 spiro atoms. The van der Waals surface area contributed by atoms with Crippen LogP contribution in [0.5, 0.6) is 5.75 Å². The number of carbonyl (C=O) groups excluding carboxylic acids is 1. The summed E-state index contributed by atoms with van der Waals surface area (Å²) in [6, 6.07) is 12.7. The average molecular weight is 371 g/mol. The van der Waals surface area contributed by atoms with Gasteiger partial charge in [-0.05, 0) is 54.2 Å². The van der Waals surface area contributed by atoms with Gasteiger partial charge in [0, 0.05) is 38.3 Å². The molecule has 0 bridgehead atoms. The fourth-order valence-electron chi connectivity index (χ4n) is 3.47. The monoisotopic (exact) mass is 370 g/mol. The zero-order valence-corrected chi connectivity index (χ0v) is 15.5. The lowest BCUT2D eigenvalue weighted by Crippen LogP contribution is -2.49. The molecule has 4 nitrogen and oxygen atoms in total. The van der Waals surface area contributed by atoms with Crippen molar-refractivity contribution < 1.29 is 9.90 Å². The van der Waals surface area contributed by atoms with Crippen LogP contribution in [0, 0.1) is 5.92 Å². The van der Waals surface area contributed by atoms with Crippen LogP contribution in [0.2, 0.25) is 5.02 Å². The number of nitrogens with zero attached hydrogens (tertiary/aromatic N) is 2. The van der Waals surface area contributed by atoms with Crippen molar-refractivity contribution >= 4 is 17.5 Å². The second-order valence-corrected chi connectivity index (χ2v) is 7.69. The zero-order chi connectivity index (χ0) is 18.1. The molecule has 2 aromatic carbocycles. The molecule has 1 N–H and O–H groups in total. The van der Waals surface area contributed by atoms with Gasteiger partial charge in [0.15, 0.2) is 0 Å². The first kappa shape index (κ1) is 17.4. The Labute approximate surface area is 159 Å². The van der Waals surface area contributed by atoms with Crippen LogP contribution < -0.4 is 0 Å². The van der Waals surface area contributed by atoms with E-state index in [0.29, 0.717) is 10.6 Å². The van der Waals surface area contributed by atoms with E-state index in [4.69, 9.17) is 11.6 Å². The van der Waals surface area contributed by atoms with Crippen LogP contribution in [0.25, 0.3) is 11.1 Å². The highest BCUT2D eigenvalue weighted by Crippen LogP contribution is 2.31. The first-order valence-corrected chi connectivity index (χ1v) is 9.58. The molecule has 1 aliphatic carbocycles. The quantitative estimate of drug-likeness (QED) is 0.888. The van der Waals surface area contributed by atoms with Gasteiger partial charge in [0.05, 0.1) is 5.02 Å². The molecule has 1 amide bonds. The van der Waals surface area contributed by atoms with E-state index in [-0.39, 0.29) is 11.7 Å².